The molecule has 0 bridgehead atoms. The predicted molar refractivity (Wildman–Crippen MR) is 130 cm³/mol. The van der Waals surface area contributed by atoms with E-state index in [2.05, 4.69) is 28.1 Å². The Balaban J connectivity index is 1.53. The molecule has 0 spiro atoms. The normalized spacial score (nSPS) is 18.5. The van der Waals surface area contributed by atoms with Crippen molar-refractivity contribution in [2.24, 2.45) is 5.92 Å². The van der Waals surface area contributed by atoms with E-state index >= 15 is 0 Å². The summed E-state index contributed by atoms with van der Waals surface area (Å²) < 4.78 is 0. The topological polar surface area (TPSA) is 96.3 Å². The number of nitro groups is 1. The Bertz CT molecular complexity index is 1230. The van der Waals surface area contributed by atoms with Crippen molar-refractivity contribution in [2.45, 2.75) is 12.8 Å². The minimum atomic E-state index is -0.449. The lowest BCUT2D eigenvalue weighted by Crippen LogP contribution is -2.11. The number of fused-ring (bicyclic) bond motifs is 1. The molecule has 0 radical (unpaired) electrons. The van der Waals surface area contributed by atoms with Crippen LogP contribution in [-0.4, -0.2) is 23.9 Å². The number of non-ortho nitro benzene ring substituents is 1. The van der Waals surface area contributed by atoms with Gasteiger partial charge < -0.3 is 16.0 Å². The summed E-state index contributed by atoms with van der Waals surface area (Å²) in [5, 5.41) is 21.0. The first-order valence-electron chi connectivity index (χ1n) is 11.0. The summed E-state index contributed by atoms with van der Waals surface area (Å²) in [6.45, 7) is 2.14. The molecular formula is C26H24N4O3. The number of nitro benzene ring substituents is 1. The molecule has 1 fully saturated rings. The maximum Gasteiger partial charge on any atom is 0.270 e. The maximum absolute atomic E-state index is 13.0. The van der Waals surface area contributed by atoms with Crippen LogP contribution in [0.5, 0.6) is 0 Å². The molecule has 2 heterocycles. The van der Waals surface area contributed by atoms with E-state index < -0.39 is 4.92 Å². The molecule has 0 aliphatic carbocycles. The van der Waals surface area contributed by atoms with Crippen molar-refractivity contribution in [3.8, 4) is 0 Å². The molecule has 166 valence electrons. The fourth-order valence-corrected chi connectivity index (χ4v) is 4.49. The van der Waals surface area contributed by atoms with Gasteiger partial charge in [0.15, 0.2) is 0 Å². The summed E-state index contributed by atoms with van der Waals surface area (Å²) in [4.78, 5) is 23.9. The smallest absolute Gasteiger partial charge is 0.270 e. The number of nitrogens with one attached hydrogen (secondary N) is 3. The number of amides is 1. The van der Waals surface area contributed by atoms with Crippen molar-refractivity contribution >= 4 is 34.2 Å². The van der Waals surface area contributed by atoms with E-state index in [4.69, 9.17) is 0 Å². The zero-order valence-corrected chi connectivity index (χ0v) is 18.0. The molecule has 1 amide bonds. The van der Waals surface area contributed by atoms with E-state index in [9.17, 15) is 14.9 Å². The van der Waals surface area contributed by atoms with E-state index in [0.29, 0.717) is 28.4 Å². The van der Waals surface area contributed by atoms with E-state index in [-0.39, 0.29) is 11.6 Å². The van der Waals surface area contributed by atoms with Gasteiger partial charge in [0.2, 0.25) is 0 Å². The van der Waals surface area contributed by atoms with Gasteiger partial charge in [-0.3, -0.25) is 14.9 Å². The highest BCUT2D eigenvalue weighted by atomic mass is 16.6. The summed E-state index contributed by atoms with van der Waals surface area (Å²) in [5.74, 6) is 0.377. The van der Waals surface area contributed by atoms with Gasteiger partial charge in [-0.2, -0.15) is 0 Å². The van der Waals surface area contributed by atoms with Crippen molar-refractivity contribution in [3.05, 3.63) is 99.6 Å². The number of hydrogen-bond donors (Lipinski definition) is 3. The third kappa shape index (κ3) is 4.36. The zero-order valence-electron chi connectivity index (χ0n) is 18.0. The quantitative estimate of drug-likeness (QED) is 0.294. The molecule has 3 N–H and O–H groups in total. The van der Waals surface area contributed by atoms with Crippen LogP contribution in [0.4, 0.5) is 17.1 Å². The van der Waals surface area contributed by atoms with Crippen LogP contribution in [0.3, 0.4) is 0 Å². The average molecular weight is 441 g/mol. The molecule has 1 saturated heterocycles. The van der Waals surface area contributed by atoms with Crippen LogP contribution in [0.25, 0.3) is 11.3 Å². The highest BCUT2D eigenvalue weighted by Crippen LogP contribution is 2.39. The zero-order chi connectivity index (χ0) is 22.8. The highest BCUT2D eigenvalue weighted by Gasteiger charge is 2.30. The number of benzene rings is 3. The molecule has 5 rings (SSSR count). The Morgan fingerprint density at radius 3 is 2.55 bits per heavy atom. The molecule has 2 aliphatic heterocycles. The second-order valence-corrected chi connectivity index (χ2v) is 8.44. The summed E-state index contributed by atoms with van der Waals surface area (Å²) >= 11 is 0. The molecule has 1 atom stereocenters. The molecule has 7 heteroatoms. The summed E-state index contributed by atoms with van der Waals surface area (Å²) in [5.41, 5.74) is 4.98. The Morgan fingerprint density at radius 1 is 1.06 bits per heavy atom. The fourth-order valence-electron chi connectivity index (χ4n) is 4.49. The number of rotatable bonds is 6. The minimum Gasteiger partial charge on any atom is -0.354 e. The van der Waals surface area contributed by atoms with Gasteiger partial charge in [-0.05, 0) is 61.2 Å². The second-order valence-electron chi connectivity index (χ2n) is 8.44. The SMILES string of the molecule is O=C1Nc2ccc([N+](=O)[O-])cc2/C1=C(/Nc1ccc(CC2CCNC2)cc1)c1ccccc1. The molecule has 0 saturated carbocycles. The first-order chi connectivity index (χ1) is 16.1. The van der Waals surface area contributed by atoms with Gasteiger partial charge in [0, 0.05) is 29.1 Å². The third-order valence-electron chi connectivity index (χ3n) is 6.18. The lowest BCUT2D eigenvalue weighted by Gasteiger charge is -2.15. The van der Waals surface area contributed by atoms with Gasteiger partial charge in [-0.25, -0.2) is 0 Å². The van der Waals surface area contributed by atoms with Crippen LogP contribution >= 0.6 is 0 Å². The molecule has 2 aliphatic rings. The van der Waals surface area contributed by atoms with Crippen molar-refractivity contribution in [2.75, 3.05) is 23.7 Å². The van der Waals surface area contributed by atoms with Crippen LogP contribution < -0.4 is 16.0 Å². The van der Waals surface area contributed by atoms with E-state index in [1.54, 1.807) is 6.07 Å². The first-order valence-corrected chi connectivity index (χ1v) is 11.0. The minimum absolute atomic E-state index is 0.0547. The third-order valence-corrected chi connectivity index (χ3v) is 6.18. The Morgan fingerprint density at radius 2 is 1.85 bits per heavy atom. The van der Waals surface area contributed by atoms with Crippen LogP contribution in [-0.2, 0) is 11.2 Å². The monoisotopic (exact) mass is 440 g/mol. The van der Waals surface area contributed by atoms with Crippen molar-refractivity contribution in [3.63, 3.8) is 0 Å². The number of anilines is 2. The van der Waals surface area contributed by atoms with Crippen LogP contribution in [0.15, 0.2) is 72.8 Å². The van der Waals surface area contributed by atoms with Crippen molar-refractivity contribution < 1.29 is 9.72 Å². The van der Waals surface area contributed by atoms with Gasteiger partial charge in [0.05, 0.1) is 16.2 Å². The summed E-state index contributed by atoms with van der Waals surface area (Å²) in [6.07, 6.45) is 2.24. The standard InChI is InChI=1S/C26H24N4O3/c31-26-24(22-15-21(30(32)33)10-11-23(22)29-26)25(19-4-2-1-3-5-19)28-20-8-6-17(7-9-20)14-18-12-13-27-16-18/h1-11,15,18,27-28H,12-14,16H2,(H,29,31)/b25-24-. The molecule has 33 heavy (non-hydrogen) atoms. The number of carbonyl (C=O) groups excluding carboxylic acids is 1. The average Bonchev–Trinajstić information content (AvgIpc) is 3.45. The highest BCUT2D eigenvalue weighted by molar-refractivity contribution is 6.37. The van der Waals surface area contributed by atoms with Crippen molar-refractivity contribution in [1.82, 2.24) is 5.32 Å². The molecule has 7 nitrogen and oxygen atoms in total. The molecule has 3 aromatic rings. The van der Waals surface area contributed by atoms with Gasteiger partial charge in [0.1, 0.15) is 0 Å². The van der Waals surface area contributed by atoms with Gasteiger partial charge in [-0.1, -0.05) is 42.5 Å². The van der Waals surface area contributed by atoms with Gasteiger partial charge in [-0.15, -0.1) is 0 Å². The van der Waals surface area contributed by atoms with E-state index in [1.807, 2.05) is 42.5 Å². The number of carbonyl (C=O) groups is 1. The van der Waals surface area contributed by atoms with Crippen LogP contribution in [0.2, 0.25) is 0 Å². The number of hydrogen-bond acceptors (Lipinski definition) is 5. The Hall–Kier alpha value is -3.97. The van der Waals surface area contributed by atoms with Crippen LogP contribution in [0.1, 0.15) is 23.1 Å². The Kier molecular flexibility index (Phi) is 5.62. The van der Waals surface area contributed by atoms with Gasteiger partial charge in [0.25, 0.3) is 11.6 Å². The fraction of sp³-hybridized carbons (Fsp3) is 0.192. The molecule has 3 aromatic carbocycles. The lowest BCUT2D eigenvalue weighted by molar-refractivity contribution is -0.384. The van der Waals surface area contributed by atoms with E-state index in [0.717, 1.165) is 30.8 Å². The van der Waals surface area contributed by atoms with Gasteiger partial charge >= 0.3 is 0 Å². The second kappa shape index (κ2) is 8.88. The largest absolute Gasteiger partial charge is 0.354 e. The predicted octanol–water partition coefficient (Wildman–Crippen LogP) is 4.68. The molecular weight excluding hydrogens is 416 g/mol. The molecule has 0 aromatic heterocycles. The maximum atomic E-state index is 13.0. The first kappa shape index (κ1) is 20.9. The van der Waals surface area contributed by atoms with E-state index in [1.165, 1.54) is 24.1 Å². The summed E-state index contributed by atoms with van der Waals surface area (Å²) in [6, 6.07) is 22.2. The van der Waals surface area contributed by atoms with Crippen molar-refractivity contribution in [1.29, 1.82) is 0 Å². The number of nitrogens with zero attached hydrogens (tertiary/aromatic N) is 1. The summed E-state index contributed by atoms with van der Waals surface area (Å²) in [7, 11) is 0. The lowest BCUT2D eigenvalue weighted by atomic mass is 9.98. The molecule has 1 unspecified atom stereocenters. The van der Waals surface area contributed by atoms with Crippen LogP contribution in [0, 0.1) is 16.0 Å². The Labute approximate surface area is 191 Å².